The van der Waals surface area contributed by atoms with Gasteiger partial charge in [-0.25, -0.2) is 0 Å². The molecule has 0 saturated heterocycles. The van der Waals surface area contributed by atoms with Crippen molar-refractivity contribution in [2.75, 3.05) is 13.1 Å². The maximum Gasteiger partial charge on any atom is 0.116 e. The number of aromatic nitrogens is 1. The first-order chi connectivity index (χ1) is 8.81. The van der Waals surface area contributed by atoms with Crippen molar-refractivity contribution in [1.29, 1.82) is 0 Å². The summed E-state index contributed by atoms with van der Waals surface area (Å²) in [5.41, 5.74) is 2.36. The van der Waals surface area contributed by atoms with E-state index in [0.717, 1.165) is 30.4 Å². The molecule has 1 heterocycles. The molecule has 0 aliphatic carbocycles. The van der Waals surface area contributed by atoms with Gasteiger partial charge in [-0.2, -0.15) is 0 Å². The van der Waals surface area contributed by atoms with Crippen LogP contribution in [0.4, 0.5) is 0 Å². The van der Waals surface area contributed by atoms with Gasteiger partial charge in [0.2, 0.25) is 0 Å². The van der Waals surface area contributed by atoms with Crippen LogP contribution in [0.2, 0.25) is 0 Å². The number of aromatic hydroxyl groups is 1. The second kappa shape index (κ2) is 6.45. The highest BCUT2D eigenvalue weighted by Gasteiger charge is 2.03. The lowest BCUT2D eigenvalue weighted by atomic mass is 10.1. The van der Waals surface area contributed by atoms with Gasteiger partial charge in [0.1, 0.15) is 5.75 Å². The van der Waals surface area contributed by atoms with Crippen molar-refractivity contribution in [3.63, 3.8) is 0 Å². The number of phenols is 1. The second-order valence-corrected chi connectivity index (χ2v) is 4.75. The summed E-state index contributed by atoms with van der Waals surface area (Å²) in [5.74, 6) is 0.333. The van der Waals surface area contributed by atoms with Crippen LogP contribution >= 0.6 is 0 Å². The van der Waals surface area contributed by atoms with Gasteiger partial charge >= 0.3 is 0 Å². The summed E-state index contributed by atoms with van der Waals surface area (Å²) in [6, 6.07) is 5.46. The lowest BCUT2D eigenvalue weighted by Crippen LogP contribution is -2.18. The Morgan fingerprint density at radius 1 is 1.22 bits per heavy atom. The molecule has 2 aromatic rings. The number of benzene rings is 1. The molecule has 0 unspecified atom stereocenters. The Hall–Kier alpha value is -1.48. The summed E-state index contributed by atoms with van der Waals surface area (Å²) in [4.78, 5) is 3.24. The fraction of sp³-hybridized carbons (Fsp3) is 0.467. The first-order valence-electron chi connectivity index (χ1n) is 6.81. The standard InChI is InChI=1S/C15H22N2O/c1-2-3-4-8-16-9-7-12-11-17-15-6-5-13(18)10-14(12)15/h5-6,10-11,16-18H,2-4,7-9H2,1H3. The van der Waals surface area contributed by atoms with Crippen LogP contribution in [0.3, 0.4) is 0 Å². The number of hydrogen-bond acceptors (Lipinski definition) is 2. The molecule has 2 rings (SSSR count). The fourth-order valence-electron chi connectivity index (χ4n) is 2.22. The van der Waals surface area contributed by atoms with Crippen molar-refractivity contribution in [3.8, 4) is 5.75 Å². The third kappa shape index (κ3) is 3.26. The number of fused-ring (bicyclic) bond motifs is 1. The van der Waals surface area contributed by atoms with Crippen LogP contribution < -0.4 is 5.32 Å². The van der Waals surface area contributed by atoms with E-state index in [9.17, 15) is 5.11 Å². The van der Waals surface area contributed by atoms with Gasteiger partial charge in [0.25, 0.3) is 0 Å². The molecule has 0 fully saturated rings. The van der Waals surface area contributed by atoms with Gasteiger partial charge in [-0.15, -0.1) is 0 Å². The van der Waals surface area contributed by atoms with Crippen molar-refractivity contribution in [3.05, 3.63) is 30.0 Å². The Morgan fingerprint density at radius 2 is 2.11 bits per heavy atom. The molecular weight excluding hydrogens is 224 g/mol. The lowest BCUT2D eigenvalue weighted by molar-refractivity contribution is 0.476. The van der Waals surface area contributed by atoms with Crippen LogP contribution in [0, 0.1) is 0 Å². The predicted octanol–water partition coefficient (Wildman–Crippen LogP) is 3.20. The quantitative estimate of drug-likeness (QED) is 0.657. The molecule has 18 heavy (non-hydrogen) atoms. The number of H-pyrrole nitrogens is 1. The average molecular weight is 246 g/mol. The highest BCUT2D eigenvalue weighted by atomic mass is 16.3. The highest BCUT2D eigenvalue weighted by Crippen LogP contribution is 2.22. The van der Waals surface area contributed by atoms with Gasteiger partial charge in [0.05, 0.1) is 0 Å². The van der Waals surface area contributed by atoms with Crippen LogP contribution in [0.25, 0.3) is 10.9 Å². The number of unbranched alkanes of at least 4 members (excludes halogenated alkanes) is 2. The van der Waals surface area contributed by atoms with E-state index < -0.39 is 0 Å². The van der Waals surface area contributed by atoms with Gasteiger partial charge in [0, 0.05) is 17.1 Å². The maximum atomic E-state index is 9.51. The van der Waals surface area contributed by atoms with Gasteiger partial charge in [0.15, 0.2) is 0 Å². The van der Waals surface area contributed by atoms with Crippen LogP contribution in [-0.4, -0.2) is 23.2 Å². The van der Waals surface area contributed by atoms with Crippen molar-refractivity contribution < 1.29 is 5.11 Å². The molecule has 1 aromatic heterocycles. The van der Waals surface area contributed by atoms with Gasteiger partial charge in [-0.3, -0.25) is 0 Å². The van der Waals surface area contributed by atoms with E-state index in [1.54, 1.807) is 6.07 Å². The van der Waals surface area contributed by atoms with Crippen LogP contribution in [-0.2, 0) is 6.42 Å². The minimum atomic E-state index is 0.333. The molecule has 0 aliphatic heterocycles. The van der Waals surface area contributed by atoms with Crippen LogP contribution in [0.15, 0.2) is 24.4 Å². The fourth-order valence-corrected chi connectivity index (χ4v) is 2.22. The van der Waals surface area contributed by atoms with Crippen molar-refractivity contribution in [1.82, 2.24) is 10.3 Å². The molecule has 3 N–H and O–H groups in total. The number of nitrogens with one attached hydrogen (secondary N) is 2. The van der Waals surface area contributed by atoms with Gasteiger partial charge in [-0.05, 0) is 49.7 Å². The third-order valence-electron chi connectivity index (χ3n) is 3.28. The molecule has 3 heteroatoms. The topological polar surface area (TPSA) is 48.0 Å². The Morgan fingerprint density at radius 3 is 2.94 bits per heavy atom. The summed E-state index contributed by atoms with van der Waals surface area (Å²) < 4.78 is 0. The number of phenolic OH excluding ortho intramolecular Hbond substituents is 1. The van der Waals surface area contributed by atoms with Crippen molar-refractivity contribution in [2.24, 2.45) is 0 Å². The first-order valence-corrected chi connectivity index (χ1v) is 6.81. The maximum absolute atomic E-state index is 9.51. The van der Waals surface area contributed by atoms with E-state index in [4.69, 9.17) is 0 Å². The normalized spacial score (nSPS) is 11.2. The number of aromatic amines is 1. The van der Waals surface area contributed by atoms with Crippen molar-refractivity contribution >= 4 is 10.9 Å². The molecule has 0 radical (unpaired) electrons. The molecule has 98 valence electrons. The summed E-state index contributed by atoms with van der Waals surface area (Å²) in [5, 5.41) is 14.1. The minimum Gasteiger partial charge on any atom is -0.508 e. The zero-order valence-corrected chi connectivity index (χ0v) is 11.0. The molecule has 1 aromatic carbocycles. The number of hydrogen-bond donors (Lipinski definition) is 3. The molecular formula is C15H22N2O. The zero-order valence-electron chi connectivity index (χ0n) is 11.0. The first kappa shape index (κ1) is 13.0. The van der Waals surface area contributed by atoms with E-state index >= 15 is 0 Å². The minimum absolute atomic E-state index is 0.333. The van der Waals surface area contributed by atoms with E-state index in [0.29, 0.717) is 5.75 Å². The third-order valence-corrected chi connectivity index (χ3v) is 3.28. The molecule has 0 saturated carbocycles. The van der Waals surface area contributed by atoms with Crippen molar-refractivity contribution in [2.45, 2.75) is 32.6 Å². The lowest BCUT2D eigenvalue weighted by Gasteiger charge is -2.03. The van der Waals surface area contributed by atoms with Crippen LogP contribution in [0.1, 0.15) is 31.7 Å². The second-order valence-electron chi connectivity index (χ2n) is 4.75. The Kier molecular flexibility index (Phi) is 4.65. The summed E-state index contributed by atoms with van der Waals surface area (Å²) in [7, 11) is 0. The Labute approximate surface area is 108 Å². The largest absolute Gasteiger partial charge is 0.508 e. The Balaban J connectivity index is 1.86. The number of rotatable bonds is 7. The highest BCUT2D eigenvalue weighted by molar-refractivity contribution is 5.84. The average Bonchev–Trinajstić information content (AvgIpc) is 2.76. The predicted molar refractivity (Wildman–Crippen MR) is 76.1 cm³/mol. The molecule has 0 atom stereocenters. The van der Waals surface area contributed by atoms with Gasteiger partial charge in [-0.1, -0.05) is 19.8 Å². The van der Waals surface area contributed by atoms with E-state index in [1.165, 1.54) is 24.8 Å². The molecule has 0 bridgehead atoms. The Bertz CT molecular complexity index is 490. The van der Waals surface area contributed by atoms with Gasteiger partial charge < -0.3 is 15.4 Å². The molecule has 0 aliphatic rings. The monoisotopic (exact) mass is 246 g/mol. The van der Waals surface area contributed by atoms with E-state index in [-0.39, 0.29) is 0 Å². The van der Waals surface area contributed by atoms with E-state index in [2.05, 4.69) is 17.2 Å². The summed E-state index contributed by atoms with van der Waals surface area (Å²) in [6.07, 6.45) is 6.86. The zero-order chi connectivity index (χ0) is 12.8. The molecule has 0 spiro atoms. The molecule has 0 amide bonds. The smallest absolute Gasteiger partial charge is 0.116 e. The van der Waals surface area contributed by atoms with Crippen LogP contribution in [0.5, 0.6) is 5.75 Å². The molecule has 3 nitrogen and oxygen atoms in total. The summed E-state index contributed by atoms with van der Waals surface area (Å²) >= 11 is 0. The summed E-state index contributed by atoms with van der Waals surface area (Å²) in [6.45, 7) is 4.31. The SMILES string of the molecule is CCCCCNCCc1c[nH]c2ccc(O)cc12. The van der Waals surface area contributed by atoms with E-state index in [1.807, 2.05) is 18.3 Å².